The number of hydrogen-bond donors (Lipinski definition) is 2. The van der Waals surface area contributed by atoms with E-state index >= 15 is 0 Å². The predicted molar refractivity (Wildman–Crippen MR) is 82.9 cm³/mol. The summed E-state index contributed by atoms with van der Waals surface area (Å²) >= 11 is 0. The van der Waals surface area contributed by atoms with E-state index in [9.17, 15) is 0 Å². The second-order valence-corrected chi connectivity index (χ2v) is 6.62. The summed E-state index contributed by atoms with van der Waals surface area (Å²) in [6.07, 6.45) is 9.17. The molecule has 18 heavy (non-hydrogen) atoms. The summed E-state index contributed by atoms with van der Waals surface area (Å²) < 4.78 is 0. The van der Waals surface area contributed by atoms with E-state index in [-0.39, 0.29) is 0 Å². The molecular formula is C16H36N2. The fourth-order valence-corrected chi connectivity index (χ4v) is 2.37. The van der Waals surface area contributed by atoms with E-state index in [1.165, 1.54) is 44.9 Å². The molecule has 0 aliphatic heterocycles. The molecule has 2 nitrogen and oxygen atoms in total. The van der Waals surface area contributed by atoms with Crippen LogP contribution in [0.1, 0.15) is 72.6 Å². The molecule has 0 saturated carbocycles. The highest BCUT2D eigenvalue weighted by molar-refractivity contribution is 4.71. The summed E-state index contributed by atoms with van der Waals surface area (Å²) in [4.78, 5) is 0. The van der Waals surface area contributed by atoms with Gasteiger partial charge in [0.25, 0.3) is 0 Å². The Bertz CT molecular complexity index is 178. The van der Waals surface area contributed by atoms with Crippen LogP contribution in [0.3, 0.4) is 0 Å². The lowest BCUT2D eigenvalue weighted by Crippen LogP contribution is -2.30. The third kappa shape index (κ3) is 11.0. The molecule has 0 radical (unpaired) electrons. The van der Waals surface area contributed by atoms with Crippen molar-refractivity contribution in [3.63, 3.8) is 0 Å². The van der Waals surface area contributed by atoms with Crippen LogP contribution < -0.4 is 11.1 Å². The van der Waals surface area contributed by atoms with Crippen LogP contribution in [0.2, 0.25) is 0 Å². The van der Waals surface area contributed by atoms with Crippen molar-refractivity contribution < 1.29 is 0 Å². The third-order valence-corrected chi connectivity index (χ3v) is 3.77. The Morgan fingerprint density at radius 1 is 1.11 bits per heavy atom. The molecule has 3 N–H and O–H groups in total. The lowest BCUT2D eigenvalue weighted by atomic mass is 9.87. The zero-order valence-corrected chi connectivity index (χ0v) is 13.2. The van der Waals surface area contributed by atoms with Crippen molar-refractivity contribution in [3.05, 3.63) is 0 Å². The number of nitrogens with two attached hydrogens (primary N) is 1. The van der Waals surface area contributed by atoms with Gasteiger partial charge in [-0.1, -0.05) is 47.0 Å². The second kappa shape index (κ2) is 10.8. The molecule has 1 atom stereocenters. The number of unbranched alkanes of at least 4 members (excludes halogenated alkanes) is 2. The van der Waals surface area contributed by atoms with Crippen LogP contribution in [-0.4, -0.2) is 19.6 Å². The molecule has 0 heterocycles. The topological polar surface area (TPSA) is 38.0 Å². The molecule has 0 aliphatic carbocycles. The van der Waals surface area contributed by atoms with Gasteiger partial charge in [-0.05, 0) is 50.1 Å². The molecule has 0 fully saturated rings. The van der Waals surface area contributed by atoms with Gasteiger partial charge < -0.3 is 11.1 Å². The Morgan fingerprint density at radius 3 is 2.44 bits per heavy atom. The average Bonchev–Trinajstić information content (AvgIpc) is 2.29. The van der Waals surface area contributed by atoms with E-state index in [1.807, 2.05) is 0 Å². The molecule has 0 spiro atoms. The maximum Gasteiger partial charge on any atom is 0.000252 e. The van der Waals surface area contributed by atoms with E-state index in [1.54, 1.807) is 0 Å². The van der Waals surface area contributed by atoms with Crippen LogP contribution in [-0.2, 0) is 0 Å². The van der Waals surface area contributed by atoms with Gasteiger partial charge in [0.05, 0.1) is 0 Å². The zero-order chi connectivity index (χ0) is 13.9. The minimum Gasteiger partial charge on any atom is -0.330 e. The van der Waals surface area contributed by atoms with E-state index in [0.717, 1.165) is 25.6 Å². The Labute approximate surface area is 115 Å². The van der Waals surface area contributed by atoms with Crippen molar-refractivity contribution in [1.29, 1.82) is 0 Å². The molecule has 0 amide bonds. The van der Waals surface area contributed by atoms with Gasteiger partial charge in [-0.2, -0.15) is 0 Å². The number of hydrogen-bond acceptors (Lipinski definition) is 2. The molecular weight excluding hydrogens is 220 g/mol. The van der Waals surface area contributed by atoms with Gasteiger partial charge in [-0.15, -0.1) is 0 Å². The number of nitrogens with one attached hydrogen (secondary N) is 1. The van der Waals surface area contributed by atoms with Crippen molar-refractivity contribution in [1.82, 2.24) is 5.32 Å². The average molecular weight is 256 g/mol. The van der Waals surface area contributed by atoms with Crippen molar-refractivity contribution in [2.24, 2.45) is 17.1 Å². The van der Waals surface area contributed by atoms with Gasteiger partial charge in [0.15, 0.2) is 0 Å². The van der Waals surface area contributed by atoms with Crippen LogP contribution in [0.25, 0.3) is 0 Å². The largest absolute Gasteiger partial charge is 0.330 e. The van der Waals surface area contributed by atoms with Crippen molar-refractivity contribution in [3.8, 4) is 0 Å². The van der Waals surface area contributed by atoms with E-state index < -0.39 is 0 Å². The summed E-state index contributed by atoms with van der Waals surface area (Å²) in [5, 5.41) is 3.62. The van der Waals surface area contributed by atoms with E-state index in [2.05, 4.69) is 33.0 Å². The van der Waals surface area contributed by atoms with Gasteiger partial charge >= 0.3 is 0 Å². The molecule has 1 unspecified atom stereocenters. The van der Waals surface area contributed by atoms with Gasteiger partial charge in [0.2, 0.25) is 0 Å². The van der Waals surface area contributed by atoms with Crippen LogP contribution in [0, 0.1) is 11.3 Å². The molecule has 0 aromatic heterocycles. The summed E-state index contributed by atoms with van der Waals surface area (Å²) in [5.41, 5.74) is 6.02. The summed E-state index contributed by atoms with van der Waals surface area (Å²) in [6, 6.07) is 0. The minimum atomic E-state index is 0.456. The fourth-order valence-electron chi connectivity index (χ4n) is 2.37. The molecule has 0 saturated heterocycles. The fraction of sp³-hybridized carbons (Fsp3) is 1.00. The first-order valence-corrected chi connectivity index (χ1v) is 7.92. The van der Waals surface area contributed by atoms with Gasteiger partial charge in [0, 0.05) is 6.54 Å². The molecule has 0 aliphatic rings. The van der Waals surface area contributed by atoms with E-state index in [0.29, 0.717) is 5.41 Å². The van der Waals surface area contributed by atoms with Crippen LogP contribution in [0.4, 0.5) is 0 Å². The summed E-state index contributed by atoms with van der Waals surface area (Å²) in [7, 11) is 0. The third-order valence-electron chi connectivity index (χ3n) is 3.77. The summed E-state index contributed by atoms with van der Waals surface area (Å²) in [5.74, 6) is 0.786. The van der Waals surface area contributed by atoms with Crippen molar-refractivity contribution in [2.45, 2.75) is 72.6 Å². The van der Waals surface area contributed by atoms with Crippen LogP contribution in [0.5, 0.6) is 0 Å². The minimum absolute atomic E-state index is 0.456. The Hall–Kier alpha value is -0.0800. The normalized spacial score (nSPS) is 13.8. The molecule has 0 aromatic carbocycles. The first-order chi connectivity index (χ1) is 8.52. The smallest absolute Gasteiger partial charge is 0.000252 e. The molecule has 110 valence electrons. The Balaban J connectivity index is 3.46. The van der Waals surface area contributed by atoms with Crippen molar-refractivity contribution in [2.75, 3.05) is 19.6 Å². The maximum absolute atomic E-state index is 5.56. The Morgan fingerprint density at radius 2 is 1.83 bits per heavy atom. The SMILES string of the molecule is CCCCCC(C)(C)CNCCCC(C)CCN. The molecule has 0 aromatic rings. The zero-order valence-electron chi connectivity index (χ0n) is 13.2. The van der Waals surface area contributed by atoms with E-state index in [4.69, 9.17) is 5.73 Å². The van der Waals surface area contributed by atoms with Gasteiger partial charge in [-0.3, -0.25) is 0 Å². The highest BCUT2D eigenvalue weighted by Crippen LogP contribution is 2.22. The van der Waals surface area contributed by atoms with Gasteiger partial charge in [-0.25, -0.2) is 0 Å². The maximum atomic E-state index is 5.56. The first-order valence-electron chi connectivity index (χ1n) is 7.92. The second-order valence-electron chi connectivity index (χ2n) is 6.62. The molecule has 0 bridgehead atoms. The van der Waals surface area contributed by atoms with Crippen molar-refractivity contribution >= 4 is 0 Å². The molecule has 0 rings (SSSR count). The predicted octanol–water partition coefficient (Wildman–Crippen LogP) is 3.95. The van der Waals surface area contributed by atoms with Crippen LogP contribution >= 0.6 is 0 Å². The lowest BCUT2D eigenvalue weighted by molar-refractivity contribution is 0.300. The first kappa shape index (κ1) is 17.9. The quantitative estimate of drug-likeness (QED) is 0.519. The van der Waals surface area contributed by atoms with Crippen LogP contribution in [0.15, 0.2) is 0 Å². The van der Waals surface area contributed by atoms with Gasteiger partial charge in [0.1, 0.15) is 0 Å². The Kier molecular flexibility index (Phi) is 10.8. The highest BCUT2D eigenvalue weighted by Gasteiger charge is 2.16. The number of rotatable bonds is 12. The monoisotopic (exact) mass is 256 g/mol. The summed E-state index contributed by atoms with van der Waals surface area (Å²) in [6.45, 7) is 12.5. The highest BCUT2D eigenvalue weighted by atomic mass is 14.9. The molecule has 2 heteroatoms. The lowest BCUT2D eigenvalue weighted by Gasteiger charge is -2.25. The standard InChI is InChI=1S/C16H36N2/c1-5-6-7-11-16(3,4)14-18-13-8-9-15(2)10-12-17/h15,18H,5-14,17H2,1-4H3.